The van der Waals surface area contributed by atoms with Gasteiger partial charge in [0.2, 0.25) is 0 Å². The molecule has 11 heavy (non-hydrogen) atoms. The number of aliphatic carboxylic acids is 1. The number of carboxylic acids is 1. The minimum absolute atomic E-state index is 0.838. The first-order valence-corrected chi connectivity index (χ1v) is 2.71. The van der Waals surface area contributed by atoms with E-state index in [0.717, 1.165) is 6.20 Å². The van der Waals surface area contributed by atoms with E-state index in [1.54, 1.807) is 0 Å². The van der Waals surface area contributed by atoms with Gasteiger partial charge in [0.05, 0.1) is 11.1 Å². The summed E-state index contributed by atoms with van der Waals surface area (Å²) in [7, 11) is 3.01. The van der Waals surface area contributed by atoms with Gasteiger partial charge in [0, 0.05) is 14.1 Å². The van der Waals surface area contributed by atoms with Gasteiger partial charge in [-0.05, 0) is 0 Å². The molecule has 0 aromatic heterocycles. The first-order chi connectivity index (χ1) is 4.95. The van der Waals surface area contributed by atoms with Crippen LogP contribution in [0.2, 0.25) is 0 Å². The molecule has 0 aromatic carbocycles. The minimum Gasteiger partial charge on any atom is -0.473 e. The van der Waals surface area contributed by atoms with Crippen molar-refractivity contribution in [3.63, 3.8) is 0 Å². The second kappa shape index (κ2) is 3.55. The highest BCUT2D eigenvalue weighted by Crippen LogP contribution is 1.95. The molecule has 0 unspecified atom stereocenters. The topological polar surface area (TPSA) is 83.7 Å². The van der Waals surface area contributed by atoms with E-state index in [1.807, 2.05) is 0 Å². The van der Waals surface area contributed by atoms with Crippen molar-refractivity contribution in [3.05, 3.63) is 22.0 Å². The van der Waals surface area contributed by atoms with E-state index in [4.69, 9.17) is 5.11 Å². The molecule has 1 N–H and O–H groups in total. The van der Waals surface area contributed by atoms with Crippen molar-refractivity contribution in [1.29, 1.82) is 0 Å². The van der Waals surface area contributed by atoms with Gasteiger partial charge in [-0.15, -0.1) is 0 Å². The van der Waals surface area contributed by atoms with Crippen LogP contribution < -0.4 is 0 Å². The molecular weight excluding hydrogens is 152 g/mol. The van der Waals surface area contributed by atoms with Gasteiger partial charge in [0.25, 0.3) is 0 Å². The van der Waals surface area contributed by atoms with Crippen molar-refractivity contribution >= 4 is 5.97 Å². The molecule has 0 amide bonds. The number of carbonyl (C=O) groups is 1. The molecule has 0 saturated heterocycles. The lowest BCUT2D eigenvalue weighted by Gasteiger charge is -2.01. The van der Waals surface area contributed by atoms with Crippen molar-refractivity contribution in [2.45, 2.75) is 0 Å². The summed E-state index contributed by atoms with van der Waals surface area (Å²) in [6.45, 7) is 0. The van der Waals surface area contributed by atoms with Gasteiger partial charge >= 0.3 is 11.7 Å². The first-order valence-electron chi connectivity index (χ1n) is 2.71. The van der Waals surface area contributed by atoms with Crippen molar-refractivity contribution in [3.8, 4) is 0 Å². The first kappa shape index (κ1) is 9.41. The number of rotatable bonds is 3. The molecule has 0 radical (unpaired) electrons. The zero-order chi connectivity index (χ0) is 9.02. The van der Waals surface area contributed by atoms with E-state index in [0.29, 0.717) is 0 Å². The van der Waals surface area contributed by atoms with Crippen molar-refractivity contribution in [1.82, 2.24) is 4.90 Å². The summed E-state index contributed by atoms with van der Waals surface area (Å²) in [4.78, 5) is 20.5. The van der Waals surface area contributed by atoms with Crippen LogP contribution in [-0.2, 0) is 4.79 Å². The Morgan fingerprint density at radius 2 is 2.09 bits per heavy atom. The molecule has 0 fully saturated rings. The number of nitro groups is 1. The second-order valence-electron chi connectivity index (χ2n) is 2.04. The van der Waals surface area contributed by atoms with E-state index in [-0.39, 0.29) is 0 Å². The van der Waals surface area contributed by atoms with Crippen LogP contribution in [0.3, 0.4) is 0 Å². The van der Waals surface area contributed by atoms with Crippen LogP contribution >= 0.6 is 0 Å². The van der Waals surface area contributed by atoms with Crippen LogP contribution in [-0.4, -0.2) is 35.0 Å². The van der Waals surface area contributed by atoms with Gasteiger partial charge in [-0.2, -0.15) is 0 Å². The number of hydrogen-bond acceptors (Lipinski definition) is 4. The van der Waals surface area contributed by atoms with Crippen LogP contribution in [0, 0.1) is 10.1 Å². The van der Waals surface area contributed by atoms with Gasteiger partial charge < -0.3 is 10.0 Å². The second-order valence-corrected chi connectivity index (χ2v) is 2.04. The van der Waals surface area contributed by atoms with Gasteiger partial charge in [-0.1, -0.05) is 0 Å². The number of hydrogen-bond donors (Lipinski definition) is 1. The van der Waals surface area contributed by atoms with Crippen LogP contribution in [0.5, 0.6) is 0 Å². The molecule has 0 bridgehead atoms. The van der Waals surface area contributed by atoms with Gasteiger partial charge in [0.1, 0.15) is 0 Å². The average molecular weight is 160 g/mol. The highest BCUT2D eigenvalue weighted by Gasteiger charge is 2.20. The van der Waals surface area contributed by atoms with Crippen LogP contribution in [0.4, 0.5) is 0 Å². The summed E-state index contributed by atoms with van der Waals surface area (Å²) in [5.74, 6) is -1.54. The summed E-state index contributed by atoms with van der Waals surface area (Å²) in [6.07, 6.45) is 0.933. The Morgan fingerprint density at radius 3 is 2.18 bits per heavy atom. The summed E-state index contributed by atoms with van der Waals surface area (Å²) in [5, 5.41) is 18.3. The van der Waals surface area contributed by atoms with Gasteiger partial charge in [-0.25, -0.2) is 4.79 Å². The van der Waals surface area contributed by atoms with E-state index < -0.39 is 16.6 Å². The van der Waals surface area contributed by atoms with Crippen molar-refractivity contribution < 1.29 is 14.8 Å². The Morgan fingerprint density at radius 1 is 1.64 bits per heavy atom. The smallest absolute Gasteiger partial charge is 0.409 e. The fraction of sp³-hybridized carbons (Fsp3) is 0.400. The molecule has 0 spiro atoms. The summed E-state index contributed by atoms with van der Waals surface area (Å²) < 4.78 is 0. The molecular formula is C5H8N2O4. The number of nitrogens with zero attached hydrogens (tertiary/aromatic N) is 2. The molecule has 62 valence electrons. The molecule has 0 aliphatic heterocycles. The third-order valence-electron chi connectivity index (χ3n) is 0.796. The molecule has 0 aromatic rings. The van der Waals surface area contributed by atoms with E-state index >= 15 is 0 Å². The average Bonchev–Trinajstić information content (AvgIpc) is 1.81. The third-order valence-corrected chi connectivity index (χ3v) is 0.796. The monoisotopic (exact) mass is 160 g/mol. The lowest BCUT2D eigenvalue weighted by atomic mass is 10.5. The lowest BCUT2D eigenvalue weighted by Crippen LogP contribution is -2.14. The zero-order valence-electron chi connectivity index (χ0n) is 6.14. The Kier molecular flexibility index (Phi) is 3.03. The maximum Gasteiger partial charge on any atom is 0.409 e. The SMILES string of the molecule is CN(C)C=C(C(=O)O)[N+](=O)[O-]. The van der Waals surface area contributed by atoms with Crippen molar-refractivity contribution in [2.75, 3.05) is 14.1 Å². The van der Waals surface area contributed by atoms with Crippen LogP contribution in [0.15, 0.2) is 11.9 Å². The molecule has 0 rings (SSSR count). The standard InChI is InChI=1S/C5H8N2O4/c1-6(2)3-4(5(8)9)7(10)11/h3H,1-2H3,(H,8,9). The highest BCUT2D eigenvalue weighted by atomic mass is 16.6. The summed E-state index contributed by atoms with van der Waals surface area (Å²) >= 11 is 0. The molecule has 0 saturated carbocycles. The lowest BCUT2D eigenvalue weighted by molar-refractivity contribution is -0.421. The molecule has 6 heteroatoms. The van der Waals surface area contributed by atoms with Crippen LogP contribution in [0.25, 0.3) is 0 Å². The predicted octanol–water partition coefficient (Wildman–Crippen LogP) is -0.249. The predicted molar refractivity (Wildman–Crippen MR) is 36.4 cm³/mol. The molecule has 0 aliphatic rings. The van der Waals surface area contributed by atoms with Crippen LogP contribution in [0.1, 0.15) is 0 Å². The normalized spacial score (nSPS) is 10.9. The molecule has 0 atom stereocenters. The maximum atomic E-state index is 10.1. The fourth-order valence-electron chi connectivity index (χ4n) is 0.425. The fourth-order valence-corrected chi connectivity index (χ4v) is 0.425. The maximum absolute atomic E-state index is 10.1. The van der Waals surface area contributed by atoms with E-state index in [9.17, 15) is 14.9 Å². The van der Waals surface area contributed by atoms with Gasteiger partial charge in [-0.3, -0.25) is 10.1 Å². The largest absolute Gasteiger partial charge is 0.473 e. The Balaban J connectivity index is 4.60. The third kappa shape index (κ3) is 3.19. The molecule has 0 heterocycles. The summed E-state index contributed by atoms with van der Waals surface area (Å²) in [5.41, 5.74) is -0.838. The highest BCUT2D eigenvalue weighted by molar-refractivity contribution is 5.83. The quantitative estimate of drug-likeness (QED) is 0.349. The van der Waals surface area contributed by atoms with Crippen molar-refractivity contribution in [2.24, 2.45) is 0 Å². The van der Waals surface area contributed by atoms with E-state index in [2.05, 4.69) is 0 Å². The van der Waals surface area contributed by atoms with E-state index in [1.165, 1.54) is 19.0 Å². The Bertz CT molecular complexity index is 193. The Hall–Kier alpha value is -1.59. The van der Waals surface area contributed by atoms with Gasteiger partial charge in [0.15, 0.2) is 0 Å². The molecule has 6 nitrogen and oxygen atoms in total. The minimum atomic E-state index is -1.54. The summed E-state index contributed by atoms with van der Waals surface area (Å²) in [6, 6.07) is 0. The molecule has 0 aliphatic carbocycles. The number of carboxylic acid groups (broad SMARTS) is 1. The zero-order valence-corrected chi connectivity index (χ0v) is 6.14. The Labute approximate surface area is 62.9 Å².